The van der Waals surface area contributed by atoms with Crippen LogP contribution in [0.4, 0.5) is 0 Å². The van der Waals surface area contributed by atoms with Crippen LogP contribution in [0.1, 0.15) is 28.7 Å². The maximum Gasteiger partial charge on any atom is 0.326 e. The topological polar surface area (TPSA) is 189 Å². The molecule has 0 aliphatic carbocycles. The number of benzene rings is 3. The number of carboxylic acids is 1. The number of nitrogens with zero attached hydrogens (tertiary/aromatic N) is 2. The lowest BCUT2D eigenvalue weighted by Gasteiger charge is -2.26. The van der Waals surface area contributed by atoms with Crippen LogP contribution in [0, 0.1) is 0 Å². The summed E-state index contributed by atoms with van der Waals surface area (Å²) in [5, 5.41) is 21.1. The van der Waals surface area contributed by atoms with Crippen molar-refractivity contribution in [2.24, 2.45) is 0 Å². The summed E-state index contributed by atoms with van der Waals surface area (Å²) in [5.41, 5.74) is 4.68. The van der Waals surface area contributed by atoms with Gasteiger partial charge in [-0.2, -0.15) is 0 Å². The van der Waals surface area contributed by atoms with Crippen LogP contribution < -0.4 is 26.0 Å². The summed E-state index contributed by atoms with van der Waals surface area (Å²) in [4.78, 5) is 76.3. The molecule has 13 heteroatoms. The zero-order chi connectivity index (χ0) is 39.3. The van der Waals surface area contributed by atoms with Crippen molar-refractivity contribution in [3.05, 3.63) is 150 Å². The van der Waals surface area contributed by atoms with E-state index in [0.717, 1.165) is 16.7 Å². The third kappa shape index (κ3) is 11.1. The molecule has 56 heavy (non-hydrogen) atoms. The molecule has 0 saturated carbocycles. The van der Waals surface area contributed by atoms with E-state index in [4.69, 9.17) is 4.74 Å². The Morgan fingerprint density at radius 1 is 0.625 bits per heavy atom. The van der Waals surface area contributed by atoms with Crippen LogP contribution in [0.3, 0.4) is 0 Å². The Kier molecular flexibility index (Phi) is 13.1. The van der Waals surface area contributed by atoms with E-state index < -0.39 is 60.4 Å². The molecule has 0 saturated heterocycles. The van der Waals surface area contributed by atoms with E-state index in [1.54, 1.807) is 61.2 Å². The third-order valence-corrected chi connectivity index (χ3v) is 9.38. The van der Waals surface area contributed by atoms with Gasteiger partial charge in [0, 0.05) is 44.0 Å². The van der Waals surface area contributed by atoms with Crippen molar-refractivity contribution in [2.45, 2.75) is 56.3 Å². The minimum atomic E-state index is -1.32. The molecule has 3 aromatic carbocycles. The molecule has 0 fully saturated rings. The molecule has 0 spiro atoms. The number of amides is 4. The first-order chi connectivity index (χ1) is 27.2. The van der Waals surface area contributed by atoms with Gasteiger partial charge in [-0.3, -0.25) is 29.1 Å². The molecule has 7 rings (SSSR count). The van der Waals surface area contributed by atoms with Crippen molar-refractivity contribution >= 4 is 29.6 Å². The zero-order valence-electron chi connectivity index (χ0n) is 30.5. The van der Waals surface area contributed by atoms with Gasteiger partial charge < -0.3 is 31.1 Å². The molecule has 5 aromatic rings. The zero-order valence-corrected chi connectivity index (χ0v) is 30.5. The molecular formula is C43H42N6O7. The Morgan fingerprint density at radius 2 is 1.25 bits per heavy atom. The van der Waals surface area contributed by atoms with Gasteiger partial charge in [0.1, 0.15) is 29.9 Å². The fraction of sp³-hybridized carbons (Fsp3) is 0.233. The second-order valence-electron chi connectivity index (χ2n) is 13.5. The van der Waals surface area contributed by atoms with Crippen molar-refractivity contribution in [2.75, 3.05) is 6.61 Å². The van der Waals surface area contributed by atoms with Crippen LogP contribution in [-0.4, -0.2) is 75.4 Å². The fourth-order valence-corrected chi connectivity index (χ4v) is 6.36. The van der Waals surface area contributed by atoms with E-state index in [9.17, 15) is 29.1 Å². The number of aromatic nitrogens is 2. The van der Waals surface area contributed by atoms with Gasteiger partial charge >= 0.3 is 5.97 Å². The lowest BCUT2D eigenvalue weighted by Crippen LogP contribution is -2.59. The Hall–Kier alpha value is -6.89. The molecular weight excluding hydrogens is 713 g/mol. The number of carbonyl (C=O) groups excluding carboxylic acids is 4. The van der Waals surface area contributed by atoms with Crippen molar-refractivity contribution in [3.63, 3.8) is 0 Å². The highest BCUT2D eigenvalue weighted by atomic mass is 16.5. The molecule has 4 unspecified atom stereocenters. The first kappa shape index (κ1) is 38.8. The van der Waals surface area contributed by atoms with E-state index in [1.807, 2.05) is 66.7 Å². The maximum atomic E-state index is 14.3. The maximum absolute atomic E-state index is 14.3. The summed E-state index contributed by atoms with van der Waals surface area (Å²) in [5.74, 6) is -3.49. The lowest BCUT2D eigenvalue weighted by atomic mass is 9.99. The van der Waals surface area contributed by atoms with Gasteiger partial charge in [0.15, 0.2) is 6.61 Å². The normalized spacial score (nSPS) is 19.5. The molecule has 4 heterocycles. The van der Waals surface area contributed by atoms with Gasteiger partial charge in [-0.25, -0.2) is 4.79 Å². The summed E-state index contributed by atoms with van der Waals surface area (Å²) in [6, 6.07) is 25.7. The SMILES string of the molecule is O=C1COc2ccc(cc2)CC(C(=O)O)NC(=O)C(CCc2ccccc2)NC(=O)C(Cc2ccc(-c3cccnc3)cc2)NC(=O)C(Cc2cccnc2)N1. The van der Waals surface area contributed by atoms with E-state index >= 15 is 0 Å². The van der Waals surface area contributed by atoms with Crippen LogP contribution in [0.2, 0.25) is 0 Å². The summed E-state index contributed by atoms with van der Waals surface area (Å²) < 4.78 is 5.69. The summed E-state index contributed by atoms with van der Waals surface area (Å²) in [6.45, 7) is -0.416. The number of ether oxygens (including phenoxy) is 1. The smallest absolute Gasteiger partial charge is 0.326 e. The van der Waals surface area contributed by atoms with Gasteiger partial charge in [-0.15, -0.1) is 0 Å². The van der Waals surface area contributed by atoms with E-state index in [2.05, 4.69) is 31.2 Å². The van der Waals surface area contributed by atoms with Crippen molar-refractivity contribution in [1.82, 2.24) is 31.2 Å². The van der Waals surface area contributed by atoms with Crippen molar-refractivity contribution in [1.29, 1.82) is 0 Å². The van der Waals surface area contributed by atoms with Crippen molar-refractivity contribution in [3.8, 4) is 16.9 Å². The molecule has 5 N–H and O–H groups in total. The number of aryl methyl sites for hydroxylation is 1. The second-order valence-corrected chi connectivity index (χ2v) is 13.5. The molecule has 4 amide bonds. The number of pyridine rings is 2. The van der Waals surface area contributed by atoms with Gasteiger partial charge in [0.25, 0.3) is 5.91 Å². The number of hydrogen-bond donors (Lipinski definition) is 5. The Labute approximate surface area is 323 Å². The second kappa shape index (κ2) is 18.9. The third-order valence-electron chi connectivity index (χ3n) is 9.38. The quantitative estimate of drug-likeness (QED) is 0.141. The number of carbonyl (C=O) groups is 5. The molecule has 2 aliphatic rings. The summed E-state index contributed by atoms with van der Waals surface area (Å²) in [7, 11) is 0. The molecule has 2 aromatic heterocycles. The largest absolute Gasteiger partial charge is 0.484 e. The van der Waals surface area contributed by atoms with Gasteiger partial charge in [-0.1, -0.05) is 78.9 Å². The van der Waals surface area contributed by atoms with Gasteiger partial charge in [-0.05, 0) is 70.5 Å². The molecule has 0 radical (unpaired) electrons. The highest BCUT2D eigenvalue weighted by Crippen LogP contribution is 2.20. The number of rotatable bonds is 9. The number of carboxylic acid groups (broad SMARTS) is 1. The van der Waals surface area contributed by atoms with E-state index in [0.29, 0.717) is 28.9 Å². The number of hydrogen-bond acceptors (Lipinski definition) is 8. The molecule has 13 nitrogen and oxygen atoms in total. The van der Waals surface area contributed by atoms with Crippen LogP contribution in [-0.2, 0) is 49.7 Å². The Morgan fingerprint density at radius 3 is 1.91 bits per heavy atom. The molecule has 2 aliphatic heterocycles. The first-order valence-electron chi connectivity index (χ1n) is 18.3. The van der Waals surface area contributed by atoms with Crippen LogP contribution in [0.25, 0.3) is 11.1 Å². The van der Waals surface area contributed by atoms with E-state index in [-0.39, 0.29) is 25.7 Å². The highest BCUT2D eigenvalue weighted by molar-refractivity contribution is 5.95. The van der Waals surface area contributed by atoms with Crippen LogP contribution in [0.5, 0.6) is 5.75 Å². The number of aliphatic carboxylic acids is 1. The predicted molar refractivity (Wildman–Crippen MR) is 207 cm³/mol. The number of fused-ring (bicyclic) bond motifs is 16. The summed E-state index contributed by atoms with van der Waals surface area (Å²) in [6.07, 6.45) is 7.17. The molecule has 286 valence electrons. The van der Waals surface area contributed by atoms with Gasteiger partial charge in [0.2, 0.25) is 17.7 Å². The Bertz CT molecular complexity index is 2100. The highest BCUT2D eigenvalue weighted by Gasteiger charge is 2.32. The van der Waals surface area contributed by atoms with Crippen molar-refractivity contribution < 1.29 is 33.8 Å². The standard InChI is InChI=1S/C43H42N6O7/c50-39-27-56-34-17-12-30(13-18-34)23-38(43(54)55)49-40(51)35(19-14-28-6-2-1-3-7-28)47-42(53)37(48-41(52)36(46-39)24-31-8-4-20-44-25-31)22-29-10-15-32(16-11-29)33-9-5-21-45-26-33/h1-13,15-18,20-21,25-26,35-38H,14,19,22-24,27H2,(H,46,50)(H,47,53)(H,48,52)(H,49,51)(H,54,55). The minimum Gasteiger partial charge on any atom is -0.484 e. The molecule has 2 bridgehead atoms. The Balaban J connectivity index is 1.33. The predicted octanol–water partition coefficient (Wildman–Crippen LogP) is 3.22. The van der Waals surface area contributed by atoms with Gasteiger partial charge in [0.05, 0.1) is 0 Å². The van der Waals surface area contributed by atoms with Crippen LogP contribution >= 0.6 is 0 Å². The fourth-order valence-electron chi connectivity index (χ4n) is 6.36. The van der Waals surface area contributed by atoms with Crippen LogP contribution in [0.15, 0.2) is 128 Å². The number of nitrogens with one attached hydrogen (secondary N) is 4. The molecule has 4 atom stereocenters. The monoisotopic (exact) mass is 754 g/mol. The first-order valence-corrected chi connectivity index (χ1v) is 18.3. The summed E-state index contributed by atoms with van der Waals surface area (Å²) >= 11 is 0. The lowest BCUT2D eigenvalue weighted by molar-refractivity contribution is -0.142. The minimum absolute atomic E-state index is 0.0281. The van der Waals surface area contributed by atoms with E-state index in [1.165, 1.54) is 0 Å². The average molecular weight is 755 g/mol. The average Bonchev–Trinajstić information content (AvgIpc) is 3.22.